The van der Waals surface area contributed by atoms with Crippen molar-refractivity contribution in [1.82, 2.24) is 9.84 Å². The van der Waals surface area contributed by atoms with E-state index in [1.54, 1.807) is 0 Å². The van der Waals surface area contributed by atoms with Crippen molar-refractivity contribution in [3.8, 4) is 5.75 Å². The van der Waals surface area contributed by atoms with E-state index in [-0.39, 0.29) is 25.7 Å². The molecular weight excluding hydrogens is 495 g/mol. The fourth-order valence-electron chi connectivity index (χ4n) is 4.88. The molecule has 5 nitrogen and oxygen atoms in total. The van der Waals surface area contributed by atoms with Crippen LogP contribution >= 0.6 is 23.4 Å². The van der Waals surface area contributed by atoms with E-state index in [2.05, 4.69) is 17.3 Å². The van der Waals surface area contributed by atoms with Gasteiger partial charge in [-0.2, -0.15) is 9.63 Å². The van der Waals surface area contributed by atoms with Gasteiger partial charge in [-0.15, -0.1) is 0 Å². The van der Waals surface area contributed by atoms with Crippen LogP contribution in [0.3, 0.4) is 0 Å². The molecule has 0 aromatic heterocycles. The highest BCUT2D eigenvalue weighted by Gasteiger charge is 2.42. The summed E-state index contributed by atoms with van der Waals surface area (Å²) in [4.78, 5) is 0. The number of alkyl halides is 2. The van der Waals surface area contributed by atoms with Gasteiger partial charge in [0.2, 0.25) is 0 Å². The Hall–Kier alpha value is -1.41. The lowest BCUT2D eigenvalue weighted by molar-refractivity contribution is -0.119. The van der Waals surface area contributed by atoms with Crippen molar-refractivity contribution in [3.05, 3.63) is 34.9 Å². The molecule has 2 fully saturated rings. The van der Waals surface area contributed by atoms with Crippen LogP contribution < -0.4 is 10.1 Å². The highest BCUT2D eigenvalue weighted by atomic mass is 35.5. The number of ether oxygens (including phenoxy) is 2. The zero-order valence-electron chi connectivity index (χ0n) is 20.2. The molecule has 194 valence electrons. The lowest BCUT2D eigenvalue weighted by atomic mass is 9.95. The van der Waals surface area contributed by atoms with Gasteiger partial charge in [-0.25, -0.2) is 8.78 Å². The maximum Gasteiger partial charge on any atom is 0.255 e. The Morgan fingerprint density at radius 3 is 2.60 bits per heavy atom. The smallest absolute Gasteiger partial charge is 0.255 e. The van der Waals surface area contributed by atoms with Crippen LogP contribution in [0.2, 0.25) is 0 Å². The van der Waals surface area contributed by atoms with Crippen LogP contribution in [0.4, 0.5) is 8.78 Å². The molecule has 9 heteroatoms. The van der Waals surface area contributed by atoms with E-state index in [1.807, 2.05) is 24.3 Å². The van der Waals surface area contributed by atoms with E-state index in [0.29, 0.717) is 18.0 Å². The van der Waals surface area contributed by atoms with Gasteiger partial charge >= 0.3 is 0 Å². The number of unbranched alkanes of at least 4 members (excludes halogenated alkanes) is 1. The van der Waals surface area contributed by atoms with Gasteiger partial charge in [-0.1, -0.05) is 43.5 Å². The van der Waals surface area contributed by atoms with Crippen molar-refractivity contribution in [2.75, 3.05) is 19.7 Å². The highest BCUT2D eigenvalue weighted by molar-refractivity contribution is 6.42. The van der Waals surface area contributed by atoms with Gasteiger partial charge < -0.3 is 14.8 Å². The van der Waals surface area contributed by atoms with Crippen molar-refractivity contribution in [2.24, 2.45) is 11.0 Å². The second kappa shape index (κ2) is 12.2. The van der Waals surface area contributed by atoms with E-state index in [9.17, 15) is 8.78 Å². The van der Waals surface area contributed by atoms with E-state index in [0.717, 1.165) is 52.8 Å². The molecule has 3 aliphatic rings. The summed E-state index contributed by atoms with van der Waals surface area (Å²) in [5.74, 6) is -2.91. The summed E-state index contributed by atoms with van der Waals surface area (Å²) in [5, 5.41) is 7.90. The highest BCUT2D eigenvalue weighted by Crippen LogP contribution is 2.37. The lowest BCUT2D eigenvalue weighted by Crippen LogP contribution is -2.47. The third-order valence-corrected chi connectivity index (χ3v) is 7.63. The first-order valence-electron chi connectivity index (χ1n) is 12.8. The molecule has 2 aliphatic heterocycles. The molecule has 2 unspecified atom stereocenters. The second-order valence-corrected chi connectivity index (χ2v) is 10.4. The molecule has 1 aromatic carbocycles. The first-order valence-corrected chi connectivity index (χ1v) is 13.5. The number of nitrogens with one attached hydrogen (secondary N) is 1. The fraction of sp³-hybridized carbons (Fsp3) is 0.654. The molecule has 1 N–H and O–H groups in total. The molecule has 0 spiro atoms. The molecule has 35 heavy (non-hydrogen) atoms. The van der Waals surface area contributed by atoms with Gasteiger partial charge in [0.25, 0.3) is 5.92 Å². The summed E-state index contributed by atoms with van der Waals surface area (Å²) in [6.07, 6.45) is 7.61. The third-order valence-electron chi connectivity index (χ3n) is 7.00. The first-order chi connectivity index (χ1) is 16.9. The Morgan fingerprint density at radius 2 is 1.91 bits per heavy atom. The van der Waals surface area contributed by atoms with Crippen molar-refractivity contribution in [2.45, 2.75) is 83.0 Å². The van der Waals surface area contributed by atoms with Gasteiger partial charge in [0.1, 0.15) is 5.75 Å². The van der Waals surface area contributed by atoms with E-state index >= 15 is 0 Å². The summed E-state index contributed by atoms with van der Waals surface area (Å²) in [7, 11) is 0. The van der Waals surface area contributed by atoms with Gasteiger partial charge in [0.15, 0.2) is 6.23 Å². The molecule has 2 heterocycles. The summed E-state index contributed by atoms with van der Waals surface area (Å²) in [6.45, 7) is 2.41. The number of nitrogens with zero attached hydrogens (tertiary/aromatic N) is 2. The topological polar surface area (TPSA) is 46.1 Å². The van der Waals surface area contributed by atoms with Crippen molar-refractivity contribution >= 4 is 34.7 Å². The summed E-state index contributed by atoms with van der Waals surface area (Å²) >= 11 is 13.3. The molecule has 4 rings (SSSR count). The maximum absolute atomic E-state index is 14.3. The maximum atomic E-state index is 14.3. The summed E-state index contributed by atoms with van der Waals surface area (Å²) < 4.78 is 41.8. The lowest BCUT2D eigenvalue weighted by Gasteiger charge is -2.35. The fourth-order valence-corrected chi connectivity index (χ4v) is 5.55. The first kappa shape index (κ1) is 26.6. The van der Waals surface area contributed by atoms with Crippen LogP contribution in [0.25, 0.3) is 5.57 Å². The molecule has 1 aliphatic carbocycles. The summed E-state index contributed by atoms with van der Waals surface area (Å²) in [6, 6.07) is 7.85. The van der Waals surface area contributed by atoms with Crippen LogP contribution in [-0.4, -0.2) is 48.2 Å². The van der Waals surface area contributed by atoms with Gasteiger partial charge in [-0.05, 0) is 56.2 Å². The molecule has 0 radical (unpaired) electrons. The second-order valence-electron chi connectivity index (χ2n) is 9.66. The number of hydrazone groups is 1. The van der Waals surface area contributed by atoms with Gasteiger partial charge in [0.05, 0.1) is 29.4 Å². The van der Waals surface area contributed by atoms with Crippen LogP contribution in [0.5, 0.6) is 5.75 Å². The van der Waals surface area contributed by atoms with Crippen LogP contribution in [0.15, 0.2) is 34.4 Å². The Bertz CT molecular complexity index is 904. The number of allylic oxidation sites excluding steroid dienone is 1. The molecule has 1 aromatic rings. The standard InChI is InChI=1S/C26H35Cl2F2N3O2/c1-2-3-9-22-23(18-10-12-21(13-11-18)35-20-7-5-4-6-8-20)24(27)25(33(28)32-22)34-17-19-16-31-15-14-26(19,29)30/h10-13,19-20,25,31H,2-9,14-17H2,1H3. The molecule has 2 atom stereocenters. The zero-order chi connectivity index (χ0) is 24.8. The molecule has 0 amide bonds. The summed E-state index contributed by atoms with van der Waals surface area (Å²) in [5.41, 5.74) is 2.39. The van der Waals surface area contributed by atoms with Crippen molar-refractivity contribution in [3.63, 3.8) is 0 Å². The predicted octanol–water partition coefficient (Wildman–Crippen LogP) is 6.95. The normalized spacial score (nSPS) is 25.5. The average Bonchev–Trinajstić information content (AvgIpc) is 2.84. The number of benzene rings is 1. The molecular formula is C26H35Cl2F2N3O2. The molecule has 0 bridgehead atoms. The Balaban J connectivity index is 1.53. The van der Waals surface area contributed by atoms with Crippen LogP contribution in [0.1, 0.15) is 70.3 Å². The largest absolute Gasteiger partial charge is 0.490 e. The van der Waals surface area contributed by atoms with Gasteiger partial charge in [-0.3, -0.25) is 0 Å². The van der Waals surface area contributed by atoms with Crippen LogP contribution in [0, 0.1) is 5.92 Å². The minimum absolute atomic E-state index is 0.175. The van der Waals surface area contributed by atoms with Crippen molar-refractivity contribution < 1.29 is 18.3 Å². The Labute approximate surface area is 216 Å². The number of rotatable bonds is 9. The minimum Gasteiger partial charge on any atom is -0.490 e. The van der Waals surface area contributed by atoms with E-state index < -0.39 is 18.1 Å². The van der Waals surface area contributed by atoms with E-state index in [1.165, 1.54) is 19.3 Å². The third kappa shape index (κ3) is 6.68. The SMILES string of the molecule is CCCCC1=NN(Cl)C(OCC2CNCCC2(F)F)C(Cl)=C1c1ccc(OC2CCCCC2)cc1. The molecule has 1 saturated heterocycles. The van der Waals surface area contributed by atoms with Crippen LogP contribution in [-0.2, 0) is 4.74 Å². The number of hydrogen-bond acceptors (Lipinski definition) is 5. The number of halogens is 4. The number of piperidine rings is 1. The Morgan fingerprint density at radius 1 is 1.17 bits per heavy atom. The zero-order valence-corrected chi connectivity index (χ0v) is 21.8. The number of hydrogen-bond donors (Lipinski definition) is 1. The Kier molecular flexibility index (Phi) is 9.30. The van der Waals surface area contributed by atoms with Gasteiger partial charge in [0, 0.05) is 36.9 Å². The monoisotopic (exact) mass is 529 g/mol. The average molecular weight is 530 g/mol. The molecule has 1 saturated carbocycles. The minimum atomic E-state index is -2.79. The quantitative estimate of drug-likeness (QED) is 0.351. The van der Waals surface area contributed by atoms with E-state index in [4.69, 9.17) is 32.9 Å². The predicted molar refractivity (Wildman–Crippen MR) is 137 cm³/mol. The van der Waals surface area contributed by atoms with Crippen molar-refractivity contribution in [1.29, 1.82) is 0 Å².